The summed E-state index contributed by atoms with van der Waals surface area (Å²) in [6, 6.07) is 0. The second-order valence-electron chi connectivity index (χ2n) is 2.94. The maximum atomic E-state index is 10.1. The lowest BCUT2D eigenvalue weighted by Crippen LogP contribution is -2.46. The number of hydrogen-bond acceptors (Lipinski definition) is 2. The van der Waals surface area contributed by atoms with Gasteiger partial charge < -0.3 is 10.1 Å². The van der Waals surface area contributed by atoms with E-state index < -0.39 is 0 Å². The first-order chi connectivity index (χ1) is 4.69. The number of nitrogens with one attached hydrogen (secondary N) is 1. The summed E-state index contributed by atoms with van der Waals surface area (Å²) in [5, 5.41) is 2.77. The van der Waals surface area contributed by atoms with Gasteiger partial charge in [0.05, 0.1) is 11.6 Å². The van der Waals surface area contributed by atoms with Crippen LogP contribution in [0.25, 0.3) is 0 Å². The molecule has 1 N–H and O–H groups in total. The molecule has 2 unspecified atom stereocenters. The van der Waals surface area contributed by atoms with Crippen molar-refractivity contribution < 1.29 is 9.53 Å². The highest BCUT2D eigenvalue weighted by molar-refractivity contribution is 5.48. The molecular formula is C7H13NO2. The molecule has 1 rings (SSSR count). The number of rotatable bonds is 2. The van der Waals surface area contributed by atoms with Gasteiger partial charge in [-0.05, 0) is 20.3 Å². The van der Waals surface area contributed by atoms with E-state index in [1.54, 1.807) is 0 Å². The molecule has 0 aromatic heterocycles. The van der Waals surface area contributed by atoms with Crippen molar-refractivity contribution in [3.05, 3.63) is 0 Å². The van der Waals surface area contributed by atoms with Crippen molar-refractivity contribution in [1.82, 2.24) is 5.32 Å². The van der Waals surface area contributed by atoms with Gasteiger partial charge in [-0.2, -0.15) is 0 Å². The number of carbonyl (C=O) groups excluding carboxylic acids is 1. The normalized spacial score (nSPS) is 39.6. The number of carbonyl (C=O) groups is 1. The van der Waals surface area contributed by atoms with Gasteiger partial charge in [-0.15, -0.1) is 0 Å². The van der Waals surface area contributed by atoms with Gasteiger partial charge >= 0.3 is 0 Å². The van der Waals surface area contributed by atoms with Crippen molar-refractivity contribution in [2.75, 3.05) is 6.61 Å². The van der Waals surface area contributed by atoms with Gasteiger partial charge in [-0.3, -0.25) is 4.79 Å². The Balaban J connectivity index is 2.56. The largest absolute Gasteiger partial charge is 0.376 e. The maximum Gasteiger partial charge on any atom is 0.207 e. The van der Waals surface area contributed by atoms with Crippen LogP contribution >= 0.6 is 0 Å². The maximum absolute atomic E-state index is 10.1. The van der Waals surface area contributed by atoms with Crippen LogP contribution in [0.3, 0.4) is 0 Å². The average Bonchev–Trinajstić information content (AvgIpc) is 2.15. The van der Waals surface area contributed by atoms with E-state index in [0.29, 0.717) is 0 Å². The molecule has 1 aliphatic heterocycles. The summed E-state index contributed by atoms with van der Waals surface area (Å²) in [4.78, 5) is 10.1. The van der Waals surface area contributed by atoms with E-state index >= 15 is 0 Å². The van der Waals surface area contributed by atoms with Crippen molar-refractivity contribution >= 4 is 6.41 Å². The monoisotopic (exact) mass is 143 g/mol. The summed E-state index contributed by atoms with van der Waals surface area (Å²) >= 11 is 0. The predicted octanol–water partition coefficient (Wildman–Crippen LogP) is 0.300. The van der Waals surface area contributed by atoms with Gasteiger partial charge in [0.25, 0.3) is 0 Å². The zero-order valence-electron chi connectivity index (χ0n) is 6.39. The van der Waals surface area contributed by atoms with Crippen LogP contribution in [0.15, 0.2) is 0 Å². The molecule has 0 radical (unpaired) electrons. The number of amides is 1. The molecule has 0 bridgehead atoms. The van der Waals surface area contributed by atoms with Crippen molar-refractivity contribution in [2.45, 2.75) is 31.9 Å². The molecule has 3 nitrogen and oxygen atoms in total. The van der Waals surface area contributed by atoms with Crippen molar-refractivity contribution in [3.63, 3.8) is 0 Å². The van der Waals surface area contributed by atoms with Crippen LogP contribution in [0.4, 0.5) is 0 Å². The smallest absolute Gasteiger partial charge is 0.207 e. The van der Waals surface area contributed by atoms with Gasteiger partial charge in [0.1, 0.15) is 0 Å². The van der Waals surface area contributed by atoms with E-state index in [9.17, 15) is 4.79 Å². The Morgan fingerprint density at radius 3 is 2.90 bits per heavy atom. The fourth-order valence-electron chi connectivity index (χ4n) is 1.16. The minimum atomic E-state index is -0.137. The van der Waals surface area contributed by atoms with Gasteiger partial charge in [0.15, 0.2) is 0 Å². The molecule has 1 aliphatic rings. The fourth-order valence-corrected chi connectivity index (χ4v) is 1.16. The van der Waals surface area contributed by atoms with E-state index in [1.807, 2.05) is 13.8 Å². The quantitative estimate of drug-likeness (QED) is 0.564. The number of hydrogen-bond donors (Lipinski definition) is 1. The SMILES string of the molecule is CC1OCCC1(C)NC=O. The van der Waals surface area contributed by atoms with Crippen LogP contribution < -0.4 is 5.32 Å². The molecule has 1 saturated heterocycles. The summed E-state index contributed by atoms with van der Waals surface area (Å²) < 4.78 is 5.30. The van der Waals surface area contributed by atoms with Crippen molar-refractivity contribution in [3.8, 4) is 0 Å². The van der Waals surface area contributed by atoms with Gasteiger partial charge in [-0.25, -0.2) is 0 Å². The summed E-state index contributed by atoms with van der Waals surface area (Å²) in [5.41, 5.74) is -0.137. The second-order valence-corrected chi connectivity index (χ2v) is 2.94. The highest BCUT2D eigenvalue weighted by Gasteiger charge is 2.36. The molecule has 0 aromatic rings. The zero-order valence-corrected chi connectivity index (χ0v) is 6.39. The predicted molar refractivity (Wildman–Crippen MR) is 37.6 cm³/mol. The van der Waals surface area contributed by atoms with Crippen LogP contribution in [0, 0.1) is 0 Å². The van der Waals surface area contributed by atoms with Crippen molar-refractivity contribution in [2.24, 2.45) is 0 Å². The summed E-state index contributed by atoms with van der Waals surface area (Å²) in [6.45, 7) is 4.72. The molecule has 3 heteroatoms. The van der Waals surface area contributed by atoms with Crippen LogP contribution in [0.1, 0.15) is 20.3 Å². The fraction of sp³-hybridized carbons (Fsp3) is 0.857. The van der Waals surface area contributed by atoms with Gasteiger partial charge in [0, 0.05) is 6.61 Å². The standard InChI is InChI=1S/C7H13NO2/c1-6-7(2,8-5-9)3-4-10-6/h5-6H,3-4H2,1-2H3,(H,8,9). The van der Waals surface area contributed by atoms with E-state index in [1.165, 1.54) is 0 Å². The summed E-state index contributed by atoms with van der Waals surface area (Å²) in [5.74, 6) is 0. The van der Waals surface area contributed by atoms with Crippen LogP contribution in [-0.4, -0.2) is 24.7 Å². The zero-order chi connectivity index (χ0) is 7.61. The van der Waals surface area contributed by atoms with Crippen LogP contribution in [-0.2, 0) is 9.53 Å². The molecular weight excluding hydrogens is 130 g/mol. The minimum Gasteiger partial charge on any atom is -0.376 e. The third kappa shape index (κ3) is 1.14. The third-order valence-corrected chi connectivity index (χ3v) is 2.28. The summed E-state index contributed by atoms with van der Waals surface area (Å²) in [6.07, 6.45) is 1.79. The summed E-state index contributed by atoms with van der Waals surface area (Å²) in [7, 11) is 0. The molecule has 0 saturated carbocycles. The van der Waals surface area contributed by atoms with E-state index in [2.05, 4.69) is 5.32 Å². The minimum absolute atomic E-state index is 0.137. The Morgan fingerprint density at radius 1 is 1.80 bits per heavy atom. The Labute approximate surface area is 60.7 Å². The lowest BCUT2D eigenvalue weighted by molar-refractivity contribution is -0.111. The van der Waals surface area contributed by atoms with E-state index in [-0.39, 0.29) is 11.6 Å². The Morgan fingerprint density at radius 2 is 2.50 bits per heavy atom. The van der Waals surface area contributed by atoms with Crippen LogP contribution in [0.5, 0.6) is 0 Å². The van der Waals surface area contributed by atoms with Gasteiger partial charge in [-0.1, -0.05) is 0 Å². The second kappa shape index (κ2) is 2.58. The van der Waals surface area contributed by atoms with E-state index in [4.69, 9.17) is 4.74 Å². The topological polar surface area (TPSA) is 38.3 Å². The average molecular weight is 143 g/mol. The Bertz CT molecular complexity index is 138. The first-order valence-electron chi connectivity index (χ1n) is 3.52. The van der Waals surface area contributed by atoms with Crippen molar-refractivity contribution in [1.29, 1.82) is 0 Å². The molecule has 1 amide bonds. The third-order valence-electron chi connectivity index (χ3n) is 2.28. The highest BCUT2D eigenvalue weighted by atomic mass is 16.5. The number of ether oxygens (including phenoxy) is 1. The Kier molecular flexibility index (Phi) is 1.94. The lowest BCUT2D eigenvalue weighted by Gasteiger charge is -2.26. The molecule has 10 heavy (non-hydrogen) atoms. The molecule has 0 spiro atoms. The molecule has 2 atom stereocenters. The molecule has 0 aliphatic carbocycles. The molecule has 1 fully saturated rings. The lowest BCUT2D eigenvalue weighted by atomic mass is 9.95. The molecule has 58 valence electrons. The Hall–Kier alpha value is -0.570. The first-order valence-corrected chi connectivity index (χ1v) is 3.52. The van der Waals surface area contributed by atoms with E-state index in [0.717, 1.165) is 19.4 Å². The highest BCUT2D eigenvalue weighted by Crippen LogP contribution is 2.23. The first kappa shape index (κ1) is 7.54. The van der Waals surface area contributed by atoms with Gasteiger partial charge in [0.2, 0.25) is 6.41 Å². The van der Waals surface area contributed by atoms with Crippen LogP contribution in [0.2, 0.25) is 0 Å². The molecule has 0 aromatic carbocycles. The molecule has 1 heterocycles.